The highest BCUT2D eigenvalue weighted by Gasteiger charge is 2.09. The van der Waals surface area contributed by atoms with E-state index in [2.05, 4.69) is 10.4 Å². The summed E-state index contributed by atoms with van der Waals surface area (Å²) in [5.41, 5.74) is 0.377. The summed E-state index contributed by atoms with van der Waals surface area (Å²) in [6, 6.07) is 1.96. The largest absolute Gasteiger partial charge is 0.307 e. The molecule has 1 N–H and O–H groups in total. The van der Waals surface area contributed by atoms with Gasteiger partial charge in [-0.15, -0.1) is 0 Å². The molecule has 0 fully saturated rings. The first kappa shape index (κ1) is 10.6. The van der Waals surface area contributed by atoms with Gasteiger partial charge in [-0.2, -0.15) is 22.1 Å². The number of thioether (sulfide) groups is 1. The fourth-order valence-corrected chi connectivity index (χ4v) is 1.30. The van der Waals surface area contributed by atoms with Crippen LogP contribution in [0, 0.1) is 11.3 Å². The molecular weight excluding hydrogens is 200 g/mol. The molecule has 1 aromatic heterocycles. The van der Waals surface area contributed by atoms with Gasteiger partial charge in [-0.25, -0.2) is 0 Å². The van der Waals surface area contributed by atoms with Crippen molar-refractivity contribution in [3.05, 3.63) is 11.8 Å². The van der Waals surface area contributed by atoms with Gasteiger partial charge < -0.3 is 5.32 Å². The Hall–Kier alpha value is -1.48. The smallest absolute Gasteiger partial charge is 0.235 e. The van der Waals surface area contributed by atoms with Crippen LogP contribution in [0.3, 0.4) is 0 Å². The van der Waals surface area contributed by atoms with Crippen molar-refractivity contribution in [2.45, 2.75) is 0 Å². The molecule has 0 saturated carbocycles. The second-order valence-electron chi connectivity index (χ2n) is 2.66. The van der Waals surface area contributed by atoms with E-state index in [1.165, 1.54) is 16.4 Å². The number of hydrogen-bond acceptors (Lipinski definition) is 4. The first-order valence-electron chi connectivity index (χ1n) is 3.90. The van der Waals surface area contributed by atoms with Gasteiger partial charge in [0.05, 0.1) is 5.75 Å². The van der Waals surface area contributed by atoms with Crippen LogP contribution in [-0.4, -0.2) is 27.7 Å². The van der Waals surface area contributed by atoms with Gasteiger partial charge in [-0.3, -0.25) is 9.48 Å². The number of nitrogens with zero attached hydrogens (tertiary/aromatic N) is 3. The third-order valence-corrected chi connectivity index (χ3v) is 2.03. The molecule has 74 valence electrons. The summed E-state index contributed by atoms with van der Waals surface area (Å²) in [6.45, 7) is 0. The Bertz CT molecular complexity index is 379. The summed E-state index contributed by atoms with van der Waals surface area (Å²) in [6.07, 6.45) is 3.40. The Balaban J connectivity index is 2.76. The minimum Gasteiger partial charge on any atom is -0.307 e. The number of carbonyl (C=O) groups excluding carboxylic acids is 1. The molecule has 0 unspecified atom stereocenters. The molecule has 0 radical (unpaired) electrons. The first-order chi connectivity index (χ1) is 6.67. The van der Waals surface area contributed by atoms with Crippen LogP contribution in [0.15, 0.2) is 6.20 Å². The van der Waals surface area contributed by atoms with Crippen LogP contribution in [0.4, 0.5) is 5.82 Å². The molecule has 0 bridgehead atoms. The minimum atomic E-state index is -0.146. The lowest BCUT2D eigenvalue weighted by molar-refractivity contribution is -0.113. The molecule has 0 aliphatic heterocycles. The van der Waals surface area contributed by atoms with Crippen molar-refractivity contribution in [2.24, 2.45) is 7.05 Å². The Labute approximate surface area is 86.1 Å². The molecule has 0 aliphatic carbocycles. The quantitative estimate of drug-likeness (QED) is 0.792. The molecule has 14 heavy (non-hydrogen) atoms. The maximum atomic E-state index is 11.2. The van der Waals surface area contributed by atoms with E-state index in [4.69, 9.17) is 5.26 Å². The lowest BCUT2D eigenvalue weighted by Crippen LogP contribution is -2.15. The van der Waals surface area contributed by atoms with Gasteiger partial charge in [0.1, 0.15) is 11.6 Å². The molecule has 0 spiro atoms. The van der Waals surface area contributed by atoms with Gasteiger partial charge in [0, 0.05) is 13.2 Å². The average molecular weight is 210 g/mol. The van der Waals surface area contributed by atoms with Gasteiger partial charge in [-0.1, -0.05) is 0 Å². The van der Waals surface area contributed by atoms with E-state index in [0.717, 1.165) is 0 Å². The monoisotopic (exact) mass is 210 g/mol. The molecule has 1 rings (SSSR count). The predicted molar refractivity (Wildman–Crippen MR) is 54.9 cm³/mol. The number of hydrogen-bond donors (Lipinski definition) is 1. The first-order valence-corrected chi connectivity index (χ1v) is 5.29. The third kappa shape index (κ3) is 2.50. The van der Waals surface area contributed by atoms with E-state index in [-0.39, 0.29) is 5.91 Å². The SMILES string of the molecule is CSCC(=O)Nc1nn(C)cc1C#N. The number of aryl methyl sites for hydroxylation is 1. The normalized spacial score (nSPS) is 9.50. The van der Waals surface area contributed by atoms with Gasteiger partial charge in [0.25, 0.3) is 0 Å². The predicted octanol–water partition coefficient (Wildman–Crippen LogP) is 0.593. The number of aromatic nitrogens is 2. The number of carbonyl (C=O) groups is 1. The Morgan fingerprint density at radius 1 is 1.86 bits per heavy atom. The molecule has 0 atom stereocenters. The fourth-order valence-electron chi connectivity index (χ4n) is 0.962. The summed E-state index contributed by atoms with van der Waals surface area (Å²) < 4.78 is 1.49. The van der Waals surface area contributed by atoms with Gasteiger partial charge >= 0.3 is 0 Å². The second kappa shape index (κ2) is 4.67. The molecule has 0 aliphatic rings. The lowest BCUT2D eigenvalue weighted by atomic mass is 10.3. The third-order valence-electron chi connectivity index (χ3n) is 1.48. The molecule has 6 heteroatoms. The van der Waals surface area contributed by atoms with Crippen molar-refractivity contribution in [3.63, 3.8) is 0 Å². The van der Waals surface area contributed by atoms with E-state index in [1.807, 2.05) is 12.3 Å². The molecule has 0 aromatic carbocycles. The Kier molecular flexibility index (Phi) is 3.54. The topological polar surface area (TPSA) is 70.7 Å². The zero-order chi connectivity index (χ0) is 10.6. The molecule has 1 aromatic rings. The summed E-state index contributed by atoms with van der Waals surface area (Å²) in [4.78, 5) is 11.2. The van der Waals surface area contributed by atoms with Crippen LogP contribution in [0.2, 0.25) is 0 Å². The Morgan fingerprint density at radius 3 is 3.14 bits per heavy atom. The van der Waals surface area contributed by atoms with Crippen molar-refractivity contribution in [1.82, 2.24) is 9.78 Å². The molecule has 1 amide bonds. The van der Waals surface area contributed by atoms with Crippen LogP contribution >= 0.6 is 11.8 Å². The highest BCUT2D eigenvalue weighted by Crippen LogP contribution is 2.10. The number of amides is 1. The Morgan fingerprint density at radius 2 is 2.57 bits per heavy atom. The van der Waals surface area contributed by atoms with Crippen LogP contribution in [0.25, 0.3) is 0 Å². The highest BCUT2D eigenvalue weighted by molar-refractivity contribution is 7.99. The zero-order valence-corrected chi connectivity index (χ0v) is 8.76. The van der Waals surface area contributed by atoms with E-state index < -0.39 is 0 Å². The maximum Gasteiger partial charge on any atom is 0.235 e. The maximum absolute atomic E-state index is 11.2. The summed E-state index contributed by atoms with van der Waals surface area (Å²) in [7, 11) is 1.70. The summed E-state index contributed by atoms with van der Waals surface area (Å²) in [5, 5.41) is 15.2. The van der Waals surface area contributed by atoms with Crippen LogP contribution < -0.4 is 5.32 Å². The summed E-state index contributed by atoms with van der Waals surface area (Å²) in [5.74, 6) is 0.545. The van der Waals surface area contributed by atoms with E-state index >= 15 is 0 Å². The molecule has 0 saturated heterocycles. The van der Waals surface area contributed by atoms with Gasteiger partial charge in [0.15, 0.2) is 5.82 Å². The van der Waals surface area contributed by atoms with Crippen molar-refractivity contribution in [3.8, 4) is 6.07 Å². The lowest BCUT2D eigenvalue weighted by Gasteiger charge is -1.99. The number of nitriles is 1. The number of nitrogens with one attached hydrogen (secondary N) is 1. The second-order valence-corrected chi connectivity index (χ2v) is 3.52. The minimum absolute atomic E-state index is 0.146. The molecule has 5 nitrogen and oxygen atoms in total. The van der Waals surface area contributed by atoms with Gasteiger partial charge in [-0.05, 0) is 6.26 Å². The standard InChI is InChI=1S/C8H10N4OS/c1-12-4-6(3-9)8(11-12)10-7(13)5-14-2/h4H,5H2,1-2H3,(H,10,11,13). The fraction of sp³-hybridized carbons (Fsp3) is 0.375. The number of rotatable bonds is 3. The van der Waals surface area contributed by atoms with Crippen LogP contribution in [0.5, 0.6) is 0 Å². The van der Waals surface area contributed by atoms with E-state index in [1.54, 1.807) is 13.2 Å². The van der Waals surface area contributed by atoms with Crippen molar-refractivity contribution < 1.29 is 4.79 Å². The van der Waals surface area contributed by atoms with E-state index in [0.29, 0.717) is 17.1 Å². The van der Waals surface area contributed by atoms with Crippen molar-refractivity contribution in [2.75, 3.05) is 17.3 Å². The average Bonchev–Trinajstić information content (AvgIpc) is 2.46. The summed E-state index contributed by atoms with van der Waals surface area (Å²) >= 11 is 1.42. The van der Waals surface area contributed by atoms with Crippen LogP contribution in [-0.2, 0) is 11.8 Å². The van der Waals surface area contributed by atoms with Crippen molar-refractivity contribution >= 4 is 23.5 Å². The van der Waals surface area contributed by atoms with Crippen molar-refractivity contribution in [1.29, 1.82) is 5.26 Å². The van der Waals surface area contributed by atoms with Gasteiger partial charge in [0.2, 0.25) is 5.91 Å². The molecule has 1 heterocycles. The van der Waals surface area contributed by atoms with E-state index in [9.17, 15) is 4.79 Å². The van der Waals surface area contributed by atoms with Crippen LogP contribution in [0.1, 0.15) is 5.56 Å². The zero-order valence-electron chi connectivity index (χ0n) is 7.94. The highest BCUT2D eigenvalue weighted by atomic mass is 32.2. The molecular formula is C8H10N4OS. The number of anilines is 1.